The van der Waals surface area contributed by atoms with Crippen LogP contribution >= 0.6 is 0 Å². The standard InChI is InChI=1S/C9H12N2O/c12-8-11-7-10-6-9-4-2-1-3-5-9/h1-5,8,10H,6-7H2,(H,11,12). The molecule has 0 radical (unpaired) electrons. The Bertz CT molecular complexity index is 223. The predicted octanol–water partition coefficient (Wildman–Crippen LogP) is 0.480. The third-order valence-corrected chi connectivity index (χ3v) is 1.48. The Hall–Kier alpha value is -1.35. The summed E-state index contributed by atoms with van der Waals surface area (Å²) in [6.07, 6.45) is 0.679. The second-order valence-corrected chi connectivity index (χ2v) is 2.41. The summed E-state index contributed by atoms with van der Waals surface area (Å²) in [5.41, 5.74) is 1.21. The smallest absolute Gasteiger partial charge is 0.208 e. The van der Waals surface area contributed by atoms with Gasteiger partial charge in [0, 0.05) is 6.54 Å². The van der Waals surface area contributed by atoms with E-state index in [0.29, 0.717) is 13.1 Å². The van der Waals surface area contributed by atoms with Crippen LogP contribution in [0.1, 0.15) is 5.56 Å². The van der Waals surface area contributed by atoms with Crippen molar-refractivity contribution in [3.8, 4) is 0 Å². The van der Waals surface area contributed by atoms with Crippen LogP contribution in [0.5, 0.6) is 0 Å². The molecule has 0 saturated carbocycles. The molecular formula is C9H12N2O. The van der Waals surface area contributed by atoms with Gasteiger partial charge >= 0.3 is 0 Å². The lowest BCUT2D eigenvalue weighted by Gasteiger charge is -2.02. The molecule has 1 rings (SSSR count). The van der Waals surface area contributed by atoms with E-state index >= 15 is 0 Å². The van der Waals surface area contributed by atoms with Crippen LogP contribution in [0, 0.1) is 0 Å². The number of carbonyl (C=O) groups is 1. The molecule has 0 atom stereocenters. The molecule has 0 unspecified atom stereocenters. The van der Waals surface area contributed by atoms with Gasteiger partial charge in [0.15, 0.2) is 0 Å². The summed E-state index contributed by atoms with van der Waals surface area (Å²) in [4.78, 5) is 9.87. The van der Waals surface area contributed by atoms with E-state index in [2.05, 4.69) is 10.6 Å². The minimum Gasteiger partial charge on any atom is -0.346 e. The Kier molecular flexibility index (Phi) is 3.88. The number of amides is 1. The van der Waals surface area contributed by atoms with Crippen molar-refractivity contribution in [2.75, 3.05) is 6.67 Å². The summed E-state index contributed by atoms with van der Waals surface area (Å²) >= 11 is 0. The average molecular weight is 164 g/mol. The van der Waals surface area contributed by atoms with E-state index in [1.54, 1.807) is 0 Å². The molecule has 0 aliphatic heterocycles. The van der Waals surface area contributed by atoms with E-state index in [9.17, 15) is 4.79 Å². The lowest BCUT2D eigenvalue weighted by Crippen LogP contribution is -2.27. The normalized spacial score (nSPS) is 9.33. The van der Waals surface area contributed by atoms with Gasteiger partial charge in [-0.2, -0.15) is 0 Å². The van der Waals surface area contributed by atoms with E-state index in [4.69, 9.17) is 0 Å². The van der Waals surface area contributed by atoms with Crippen LogP contribution in [-0.2, 0) is 11.3 Å². The van der Waals surface area contributed by atoms with E-state index in [1.165, 1.54) is 5.56 Å². The first-order valence-electron chi connectivity index (χ1n) is 3.85. The van der Waals surface area contributed by atoms with Gasteiger partial charge in [-0.3, -0.25) is 10.1 Å². The summed E-state index contributed by atoms with van der Waals surface area (Å²) < 4.78 is 0. The molecule has 0 aliphatic rings. The zero-order chi connectivity index (χ0) is 8.65. The number of benzene rings is 1. The lowest BCUT2D eigenvalue weighted by atomic mass is 10.2. The van der Waals surface area contributed by atoms with Gasteiger partial charge in [0.25, 0.3) is 0 Å². The Morgan fingerprint density at radius 2 is 2.00 bits per heavy atom. The monoisotopic (exact) mass is 164 g/mol. The third kappa shape index (κ3) is 3.16. The van der Waals surface area contributed by atoms with E-state index in [1.807, 2.05) is 30.3 Å². The van der Waals surface area contributed by atoms with Crippen molar-refractivity contribution >= 4 is 6.41 Å². The predicted molar refractivity (Wildman–Crippen MR) is 47.3 cm³/mol. The van der Waals surface area contributed by atoms with Crippen LogP contribution in [0.25, 0.3) is 0 Å². The molecular weight excluding hydrogens is 152 g/mol. The van der Waals surface area contributed by atoms with Crippen LogP contribution in [0.3, 0.4) is 0 Å². The number of carbonyl (C=O) groups excluding carboxylic acids is 1. The van der Waals surface area contributed by atoms with Gasteiger partial charge in [-0.1, -0.05) is 30.3 Å². The molecule has 0 aliphatic carbocycles. The van der Waals surface area contributed by atoms with Crippen LogP contribution in [0.4, 0.5) is 0 Å². The first kappa shape index (κ1) is 8.74. The lowest BCUT2D eigenvalue weighted by molar-refractivity contribution is -0.109. The highest BCUT2D eigenvalue weighted by Gasteiger charge is 1.87. The fraction of sp³-hybridized carbons (Fsp3) is 0.222. The zero-order valence-electron chi connectivity index (χ0n) is 6.79. The minimum absolute atomic E-state index is 0.512. The number of hydrogen-bond acceptors (Lipinski definition) is 2. The van der Waals surface area contributed by atoms with Gasteiger partial charge in [0.05, 0.1) is 6.67 Å². The van der Waals surface area contributed by atoms with Gasteiger partial charge in [-0.25, -0.2) is 0 Å². The average Bonchev–Trinajstić information content (AvgIpc) is 2.14. The molecule has 0 fully saturated rings. The Morgan fingerprint density at radius 1 is 1.25 bits per heavy atom. The quantitative estimate of drug-likeness (QED) is 0.377. The highest BCUT2D eigenvalue weighted by atomic mass is 16.1. The maximum atomic E-state index is 9.87. The highest BCUT2D eigenvalue weighted by molar-refractivity contribution is 5.45. The molecule has 12 heavy (non-hydrogen) atoms. The largest absolute Gasteiger partial charge is 0.346 e. The summed E-state index contributed by atoms with van der Waals surface area (Å²) in [7, 11) is 0. The molecule has 2 N–H and O–H groups in total. The fourth-order valence-electron chi connectivity index (χ4n) is 0.917. The maximum absolute atomic E-state index is 9.87. The molecule has 0 saturated heterocycles. The maximum Gasteiger partial charge on any atom is 0.208 e. The molecule has 0 spiro atoms. The molecule has 0 heterocycles. The zero-order valence-corrected chi connectivity index (χ0v) is 6.79. The molecule has 3 heteroatoms. The topological polar surface area (TPSA) is 41.1 Å². The Balaban J connectivity index is 2.20. The van der Waals surface area contributed by atoms with E-state index < -0.39 is 0 Å². The highest BCUT2D eigenvalue weighted by Crippen LogP contribution is 1.95. The van der Waals surface area contributed by atoms with Crippen LogP contribution < -0.4 is 10.6 Å². The SMILES string of the molecule is O=CNCNCc1ccccc1. The second-order valence-electron chi connectivity index (χ2n) is 2.41. The van der Waals surface area contributed by atoms with Gasteiger partial charge in [-0.05, 0) is 5.56 Å². The minimum atomic E-state index is 0.512. The van der Waals surface area contributed by atoms with Crippen LogP contribution in [-0.4, -0.2) is 13.1 Å². The Morgan fingerprint density at radius 3 is 2.67 bits per heavy atom. The van der Waals surface area contributed by atoms with Gasteiger partial charge in [0.1, 0.15) is 0 Å². The van der Waals surface area contributed by atoms with E-state index in [-0.39, 0.29) is 0 Å². The van der Waals surface area contributed by atoms with Gasteiger partial charge < -0.3 is 5.32 Å². The molecule has 0 aromatic heterocycles. The molecule has 1 aromatic rings. The van der Waals surface area contributed by atoms with Crippen molar-refractivity contribution < 1.29 is 4.79 Å². The first-order valence-corrected chi connectivity index (χ1v) is 3.85. The summed E-state index contributed by atoms with van der Waals surface area (Å²) in [5.74, 6) is 0. The number of hydrogen-bond donors (Lipinski definition) is 2. The van der Waals surface area contributed by atoms with Crippen molar-refractivity contribution in [3.05, 3.63) is 35.9 Å². The van der Waals surface area contributed by atoms with Crippen molar-refractivity contribution in [3.63, 3.8) is 0 Å². The van der Waals surface area contributed by atoms with Crippen LogP contribution in [0.2, 0.25) is 0 Å². The molecule has 64 valence electrons. The van der Waals surface area contributed by atoms with Gasteiger partial charge in [-0.15, -0.1) is 0 Å². The van der Waals surface area contributed by atoms with E-state index in [0.717, 1.165) is 6.54 Å². The molecule has 0 bridgehead atoms. The third-order valence-electron chi connectivity index (χ3n) is 1.48. The van der Waals surface area contributed by atoms with Crippen molar-refractivity contribution in [2.24, 2.45) is 0 Å². The number of nitrogens with one attached hydrogen (secondary N) is 2. The van der Waals surface area contributed by atoms with Gasteiger partial charge in [0.2, 0.25) is 6.41 Å². The molecule has 1 aromatic carbocycles. The van der Waals surface area contributed by atoms with Crippen molar-refractivity contribution in [1.82, 2.24) is 10.6 Å². The summed E-state index contributed by atoms with van der Waals surface area (Å²) in [5, 5.41) is 5.59. The first-order chi connectivity index (χ1) is 5.93. The van der Waals surface area contributed by atoms with Crippen molar-refractivity contribution in [1.29, 1.82) is 0 Å². The number of rotatable bonds is 5. The molecule has 1 amide bonds. The summed E-state index contributed by atoms with van der Waals surface area (Å²) in [6, 6.07) is 10.0. The van der Waals surface area contributed by atoms with Crippen molar-refractivity contribution in [2.45, 2.75) is 6.54 Å². The Labute approximate surface area is 71.8 Å². The fourth-order valence-corrected chi connectivity index (χ4v) is 0.917. The molecule has 3 nitrogen and oxygen atoms in total. The summed E-state index contributed by atoms with van der Waals surface area (Å²) in [6.45, 7) is 1.29. The second kappa shape index (κ2) is 5.32. The van der Waals surface area contributed by atoms with Crippen LogP contribution in [0.15, 0.2) is 30.3 Å².